The number of rotatable bonds is 3. The third-order valence-electron chi connectivity index (χ3n) is 2.80. The largest absolute Gasteiger partial charge is 0.417 e. The third-order valence-corrected chi connectivity index (χ3v) is 2.80. The lowest BCUT2D eigenvalue weighted by atomic mass is 10.2. The molecule has 20 heavy (non-hydrogen) atoms. The molecule has 2 heterocycles. The Balaban J connectivity index is 2.05. The quantitative estimate of drug-likeness (QED) is 0.940. The molecule has 0 radical (unpaired) electrons. The number of hydrogen-bond acceptors (Lipinski definition) is 2. The molecule has 0 aliphatic carbocycles. The van der Waals surface area contributed by atoms with E-state index < -0.39 is 17.8 Å². The number of halogens is 3. The predicted octanol–water partition coefficient (Wildman–Crippen LogP) is 3.10. The summed E-state index contributed by atoms with van der Waals surface area (Å²) >= 11 is 0. The molecule has 0 aliphatic rings. The highest BCUT2D eigenvalue weighted by molar-refractivity contribution is 5.92. The number of pyridine rings is 1. The molecule has 7 heteroatoms. The number of aromatic nitrogens is 2. The van der Waals surface area contributed by atoms with Crippen LogP contribution in [-0.4, -0.2) is 15.5 Å². The van der Waals surface area contributed by atoms with E-state index in [2.05, 4.69) is 10.3 Å². The molecule has 0 aliphatic heterocycles. The Hall–Kier alpha value is -2.31. The van der Waals surface area contributed by atoms with E-state index >= 15 is 0 Å². The summed E-state index contributed by atoms with van der Waals surface area (Å²) in [5.74, 6) is -0.268. The fourth-order valence-corrected chi connectivity index (χ4v) is 1.61. The monoisotopic (exact) mass is 283 g/mol. The van der Waals surface area contributed by atoms with E-state index in [1.54, 1.807) is 36.0 Å². The molecule has 0 spiro atoms. The zero-order valence-corrected chi connectivity index (χ0v) is 10.6. The Kier molecular flexibility index (Phi) is 3.78. The van der Waals surface area contributed by atoms with E-state index in [1.165, 1.54) is 0 Å². The van der Waals surface area contributed by atoms with Gasteiger partial charge in [0.2, 0.25) is 5.91 Å². The van der Waals surface area contributed by atoms with E-state index in [-0.39, 0.29) is 11.7 Å². The maximum atomic E-state index is 12.4. The van der Waals surface area contributed by atoms with Crippen LogP contribution >= 0.6 is 0 Å². The highest BCUT2D eigenvalue weighted by Crippen LogP contribution is 2.28. The molecule has 1 unspecified atom stereocenters. The van der Waals surface area contributed by atoms with Gasteiger partial charge in [-0.2, -0.15) is 13.2 Å². The first-order chi connectivity index (χ1) is 9.38. The molecule has 4 nitrogen and oxygen atoms in total. The first-order valence-electron chi connectivity index (χ1n) is 5.84. The van der Waals surface area contributed by atoms with Gasteiger partial charge in [0.15, 0.2) is 0 Å². The standard InChI is InChI=1S/C13H12F3N3O/c1-9(19-6-2-3-7-19)12(20)18-11-5-4-10(8-17-11)13(14,15)16/h2-9H,1H3,(H,17,18,20). The van der Waals surface area contributed by atoms with Gasteiger partial charge < -0.3 is 9.88 Å². The molecule has 1 atom stereocenters. The van der Waals surface area contributed by atoms with E-state index in [4.69, 9.17) is 0 Å². The van der Waals surface area contributed by atoms with E-state index in [1.807, 2.05) is 0 Å². The molecule has 0 fully saturated rings. The van der Waals surface area contributed by atoms with Gasteiger partial charge in [0.1, 0.15) is 11.9 Å². The van der Waals surface area contributed by atoms with E-state index in [9.17, 15) is 18.0 Å². The van der Waals surface area contributed by atoms with Crippen LogP contribution in [0.3, 0.4) is 0 Å². The van der Waals surface area contributed by atoms with Gasteiger partial charge in [0.05, 0.1) is 5.56 Å². The highest BCUT2D eigenvalue weighted by Gasteiger charge is 2.30. The Morgan fingerprint density at radius 1 is 1.30 bits per heavy atom. The second kappa shape index (κ2) is 5.36. The average Bonchev–Trinajstić information content (AvgIpc) is 2.91. The van der Waals surface area contributed by atoms with Crippen molar-refractivity contribution in [1.82, 2.24) is 9.55 Å². The van der Waals surface area contributed by atoms with Crippen LogP contribution in [0.15, 0.2) is 42.9 Å². The van der Waals surface area contributed by atoms with Crippen molar-refractivity contribution in [3.63, 3.8) is 0 Å². The molecule has 2 rings (SSSR count). The number of hydrogen-bond donors (Lipinski definition) is 1. The van der Waals surface area contributed by atoms with Crippen LogP contribution in [0.2, 0.25) is 0 Å². The summed E-state index contributed by atoms with van der Waals surface area (Å²) in [7, 11) is 0. The number of anilines is 1. The van der Waals surface area contributed by atoms with Gasteiger partial charge in [-0.3, -0.25) is 4.79 Å². The summed E-state index contributed by atoms with van der Waals surface area (Å²) in [6.45, 7) is 1.68. The summed E-state index contributed by atoms with van der Waals surface area (Å²) in [6.07, 6.45) is -0.293. The van der Waals surface area contributed by atoms with Crippen LogP contribution in [0.25, 0.3) is 0 Å². The fraction of sp³-hybridized carbons (Fsp3) is 0.231. The van der Waals surface area contributed by atoms with Crippen molar-refractivity contribution in [2.45, 2.75) is 19.1 Å². The molecule has 0 saturated carbocycles. The zero-order chi connectivity index (χ0) is 14.8. The maximum Gasteiger partial charge on any atom is 0.417 e. The van der Waals surface area contributed by atoms with Gasteiger partial charge in [-0.25, -0.2) is 4.98 Å². The molecule has 0 saturated heterocycles. The molecule has 1 N–H and O–H groups in total. The highest BCUT2D eigenvalue weighted by atomic mass is 19.4. The zero-order valence-electron chi connectivity index (χ0n) is 10.6. The molecule has 2 aromatic heterocycles. The Labute approximate surface area is 113 Å². The first-order valence-corrected chi connectivity index (χ1v) is 5.84. The summed E-state index contributed by atoms with van der Waals surface area (Å²) in [5.41, 5.74) is -0.853. The topological polar surface area (TPSA) is 46.9 Å². The molecular weight excluding hydrogens is 271 g/mol. The normalized spacial score (nSPS) is 13.0. The van der Waals surface area contributed by atoms with Gasteiger partial charge in [-0.05, 0) is 31.2 Å². The predicted molar refractivity (Wildman–Crippen MR) is 67.0 cm³/mol. The van der Waals surface area contributed by atoms with E-state index in [0.717, 1.165) is 12.1 Å². The van der Waals surface area contributed by atoms with Gasteiger partial charge in [-0.1, -0.05) is 0 Å². The van der Waals surface area contributed by atoms with Gasteiger partial charge in [-0.15, -0.1) is 0 Å². The second-order valence-electron chi connectivity index (χ2n) is 4.23. The van der Waals surface area contributed by atoms with Gasteiger partial charge in [0, 0.05) is 18.6 Å². The lowest BCUT2D eigenvalue weighted by Gasteiger charge is -2.13. The van der Waals surface area contributed by atoms with Crippen molar-refractivity contribution in [2.75, 3.05) is 5.32 Å². The van der Waals surface area contributed by atoms with Crippen molar-refractivity contribution < 1.29 is 18.0 Å². The van der Waals surface area contributed by atoms with Crippen LogP contribution in [0.1, 0.15) is 18.5 Å². The Morgan fingerprint density at radius 3 is 2.45 bits per heavy atom. The van der Waals surface area contributed by atoms with Crippen LogP contribution in [-0.2, 0) is 11.0 Å². The number of carbonyl (C=O) groups excluding carboxylic acids is 1. The number of nitrogens with zero attached hydrogens (tertiary/aromatic N) is 2. The van der Waals surface area contributed by atoms with Gasteiger partial charge >= 0.3 is 6.18 Å². The molecule has 2 aromatic rings. The van der Waals surface area contributed by atoms with Crippen molar-refractivity contribution in [3.05, 3.63) is 48.4 Å². The van der Waals surface area contributed by atoms with Crippen molar-refractivity contribution >= 4 is 11.7 Å². The van der Waals surface area contributed by atoms with Crippen LogP contribution in [0, 0.1) is 0 Å². The Morgan fingerprint density at radius 2 is 1.95 bits per heavy atom. The van der Waals surface area contributed by atoms with Gasteiger partial charge in [0.25, 0.3) is 0 Å². The second-order valence-corrected chi connectivity index (χ2v) is 4.23. The van der Waals surface area contributed by atoms with Crippen LogP contribution in [0.5, 0.6) is 0 Å². The number of carbonyl (C=O) groups is 1. The van der Waals surface area contributed by atoms with Crippen molar-refractivity contribution in [2.24, 2.45) is 0 Å². The van der Waals surface area contributed by atoms with Crippen LogP contribution in [0.4, 0.5) is 19.0 Å². The minimum Gasteiger partial charge on any atom is -0.342 e. The number of nitrogens with one attached hydrogen (secondary N) is 1. The summed E-state index contributed by atoms with van der Waals surface area (Å²) in [5, 5.41) is 2.47. The van der Waals surface area contributed by atoms with Crippen molar-refractivity contribution in [3.8, 4) is 0 Å². The summed E-state index contributed by atoms with van der Waals surface area (Å²) < 4.78 is 38.8. The lowest BCUT2D eigenvalue weighted by Crippen LogP contribution is -2.23. The lowest BCUT2D eigenvalue weighted by molar-refractivity contribution is -0.137. The SMILES string of the molecule is CC(C(=O)Nc1ccc(C(F)(F)F)cn1)n1cccc1. The van der Waals surface area contributed by atoms with Crippen LogP contribution < -0.4 is 5.32 Å². The minimum absolute atomic E-state index is 0.0852. The first kappa shape index (κ1) is 14.1. The minimum atomic E-state index is -4.44. The molecule has 0 bridgehead atoms. The van der Waals surface area contributed by atoms with E-state index in [0.29, 0.717) is 6.20 Å². The van der Waals surface area contributed by atoms with Crippen molar-refractivity contribution in [1.29, 1.82) is 0 Å². The molecular formula is C13H12F3N3O. The number of alkyl halides is 3. The Bertz CT molecular complexity index is 576. The summed E-state index contributed by atoms with van der Waals surface area (Å²) in [4.78, 5) is 15.5. The number of amides is 1. The maximum absolute atomic E-state index is 12.4. The average molecular weight is 283 g/mol. The molecule has 1 amide bonds. The molecule has 106 valence electrons. The fourth-order valence-electron chi connectivity index (χ4n) is 1.61. The smallest absolute Gasteiger partial charge is 0.342 e. The molecule has 0 aromatic carbocycles. The summed E-state index contributed by atoms with van der Waals surface area (Å²) in [6, 6.07) is 5.08. The third kappa shape index (κ3) is 3.17.